The highest BCUT2D eigenvalue weighted by molar-refractivity contribution is 5.32. The Kier molecular flexibility index (Phi) is 3.14. The van der Waals surface area contributed by atoms with E-state index in [9.17, 15) is 0 Å². The molecule has 1 saturated heterocycles. The highest BCUT2D eigenvalue weighted by Gasteiger charge is 2.27. The molecule has 2 rings (SSSR count). The fourth-order valence-corrected chi connectivity index (χ4v) is 2.11. The summed E-state index contributed by atoms with van der Waals surface area (Å²) < 4.78 is 0. The van der Waals surface area contributed by atoms with E-state index in [-0.39, 0.29) is 6.04 Å². The van der Waals surface area contributed by atoms with E-state index < -0.39 is 0 Å². The molecule has 0 spiro atoms. The van der Waals surface area contributed by atoms with Gasteiger partial charge in [-0.2, -0.15) is 4.98 Å². The molecule has 1 fully saturated rings. The third kappa shape index (κ3) is 2.04. The first-order valence-corrected chi connectivity index (χ1v) is 6.04. The van der Waals surface area contributed by atoms with E-state index in [4.69, 9.17) is 5.73 Å². The summed E-state index contributed by atoms with van der Waals surface area (Å²) in [5.41, 5.74) is 6.07. The average molecular weight is 223 g/mol. The zero-order valence-corrected chi connectivity index (χ0v) is 10.3. The molecule has 90 valence electrons. The van der Waals surface area contributed by atoms with Gasteiger partial charge in [0.25, 0.3) is 0 Å². The first-order chi connectivity index (χ1) is 7.59. The molecule has 1 aromatic rings. The average Bonchev–Trinajstić information content (AvgIpc) is 2.71. The summed E-state index contributed by atoms with van der Waals surface area (Å²) >= 11 is 0. The molecule has 2 heterocycles. The molecule has 1 aliphatic heterocycles. The van der Waals surface area contributed by atoms with Crippen LogP contribution < -0.4 is 10.6 Å². The zero-order chi connectivity index (χ0) is 11.7. The van der Waals surface area contributed by atoms with Crippen LogP contribution >= 0.6 is 0 Å². The third-order valence-electron chi connectivity index (χ3n) is 3.34. The Hall–Kier alpha value is -1.10. The van der Waals surface area contributed by atoms with E-state index in [2.05, 4.69) is 40.9 Å². The van der Waals surface area contributed by atoms with Crippen LogP contribution in [0.15, 0.2) is 0 Å². The maximum atomic E-state index is 6.07. The van der Waals surface area contributed by atoms with Crippen molar-refractivity contribution in [2.24, 2.45) is 5.73 Å². The van der Waals surface area contributed by atoms with Crippen molar-refractivity contribution in [3.63, 3.8) is 0 Å². The van der Waals surface area contributed by atoms with Gasteiger partial charge < -0.3 is 10.6 Å². The van der Waals surface area contributed by atoms with Crippen LogP contribution in [0.5, 0.6) is 0 Å². The van der Waals surface area contributed by atoms with Gasteiger partial charge in [-0.1, -0.05) is 13.8 Å². The summed E-state index contributed by atoms with van der Waals surface area (Å²) in [5, 5.41) is 7.27. The lowest BCUT2D eigenvalue weighted by Gasteiger charge is -2.36. The summed E-state index contributed by atoms with van der Waals surface area (Å²) in [6.07, 6.45) is 2.22. The highest BCUT2D eigenvalue weighted by atomic mass is 15.4. The molecular weight excluding hydrogens is 202 g/mol. The predicted octanol–water partition coefficient (Wildman–Crippen LogP) is 1.24. The van der Waals surface area contributed by atoms with Crippen molar-refractivity contribution in [3.8, 4) is 0 Å². The molecule has 0 bridgehead atoms. The smallest absolute Gasteiger partial charge is 0.245 e. The van der Waals surface area contributed by atoms with Gasteiger partial charge in [0.2, 0.25) is 5.95 Å². The SMILES string of the molecule is CC(C)c1nc(N2CCCC(N)C2C)n[nH]1. The predicted molar refractivity (Wildman–Crippen MR) is 64.5 cm³/mol. The number of hydrogen-bond acceptors (Lipinski definition) is 4. The van der Waals surface area contributed by atoms with E-state index in [1.807, 2.05) is 0 Å². The number of rotatable bonds is 2. The molecule has 5 heteroatoms. The van der Waals surface area contributed by atoms with Gasteiger partial charge in [0.15, 0.2) is 0 Å². The number of nitrogens with two attached hydrogens (primary N) is 1. The van der Waals surface area contributed by atoms with Crippen molar-refractivity contribution in [2.75, 3.05) is 11.4 Å². The molecule has 1 aromatic heterocycles. The van der Waals surface area contributed by atoms with Gasteiger partial charge in [-0.25, -0.2) is 0 Å². The van der Waals surface area contributed by atoms with Crippen LogP contribution in [0.4, 0.5) is 5.95 Å². The Morgan fingerprint density at radius 1 is 1.50 bits per heavy atom. The van der Waals surface area contributed by atoms with Gasteiger partial charge in [0, 0.05) is 24.5 Å². The van der Waals surface area contributed by atoms with Crippen molar-refractivity contribution in [1.82, 2.24) is 15.2 Å². The molecule has 2 unspecified atom stereocenters. The second-order valence-electron chi connectivity index (χ2n) is 4.92. The van der Waals surface area contributed by atoms with Crippen LogP contribution in [0.3, 0.4) is 0 Å². The Labute approximate surface area is 96.4 Å². The molecule has 1 aliphatic rings. The number of nitrogens with zero attached hydrogens (tertiary/aromatic N) is 3. The molecule has 0 saturated carbocycles. The van der Waals surface area contributed by atoms with Crippen molar-refractivity contribution in [2.45, 2.75) is 51.6 Å². The fraction of sp³-hybridized carbons (Fsp3) is 0.818. The Morgan fingerprint density at radius 3 is 2.88 bits per heavy atom. The van der Waals surface area contributed by atoms with Crippen LogP contribution in [0.2, 0.25) is 0 Å². The number of aromatic nitrogens is 3. The molecular formula is C11H21N5. The van der Waals surface area contributed by atoms with Crippen LogP contribution in [0.25, 0.3) is 0 Å². The Balaban J connectivity index is 2.16. The standard InChI is InChI=1S/C11H21N5/c1-7(2)10-13-11(15-14-10)16-6-4-5-9(12)8(16)3/h7-9H,4-6,12H2,1-3H3,(H,13,14,15). The molecule has 3 N–H and O–H groups in total. The Morgan fingerprint density at radius 2 is 2.25 bits per heavy atom. The van der Waals surface area contributed by atoms with E-state index in [0.29, 0.717) is 12.0 Å². The highest BCUT2D eigenvalue weighted by Crippen LogP contribution is 2.21. The van der Waals surface area contributed by atoms with Crippen molar-refractivity contribution >= 4 is 5.95 Å². The molecule has 2 atom stereocenters. The van der Waals surface area contributed by atoms with Gasteiger partial charge in [0.1, 0.15) is 5.82 Å². The minimum absolute atomic E-state index is 0.231. The number of piperidine rings is 1. The molecule has 0 amide bonds. The summed E-state index contributed by atoms with van der Waals surface area (Å²) in [5.74, 6) is 2.13. The molecule has 16 heavy (non-hydrogen) atoms. The summed E-state index contributed by atoms with van der Waals surface area (Å²) in [6.45, 7) is 7.37. The van der Waals surface area contributed by atoms with Gasteiger partial charge in [0.05, 0.1) is 0 Å². The van der Waals surface area contributed by atoms with Crippen LogP contribution in [0, 0.1) is 0 Å². The second-order valence-corrected chi connectivity index (χ2v) is 4.92. The number of nitrogens with one attached hydrogen (secondary N) is 1. The summed E-state index contributed by atoms with van der Waals surface area (Å²) in [6, 6.07) is 0.555. The van der Waals surface area contributed by atoms with Gasteiger partial charge >= 0.3 is 0 Å². The fourth-order valence-electron chi connectivity index (χ4n) is 2.11. The van der Waals surface area contributed by atoms with Crippen molar-refractivity contribution in [1.29, 1.82) is 0 Å². The zero-order valence-electron chi connectivity index (χ0n) is 10.3. The quantitative estimate of drug-likeness (QED) is 0.791. The normalized spacial score (nSPS) is 26.4. The minimum Gasteiger partial charge on any atom is -0.335 e. The van der Waals surface area contributed by atoms with Crippen LogP contribution in [0.1, 0.15) is 45.4 Å². The first kappa shape index (κ1) is 11.4. The molecule has 0 radical (unpaired) electrons. The van der Waals surface area contributed by atoms with Crippen LogP contribution in [-0.4, -0.2) is 33.8 Å². The lowest BCUT2D eigenvalue weighted by molar-refractivity contribution is 0.415. The number of H-pyrrole nitrogens is 1. The van der Waals surface area contributed by atoms with Gasteiger partial charge in [-0.05, 0) is 19.8 Å². The lowest BCUT2D eigenvalue weighted by atomic mass is 9.99. The first-order valence-electron chi connectivity index (χ1n) is 6.04. The number of anilines is 1. The summed E-state index contributed by atoms with van der Waals surface area (Å²) in [4.78, 5) is 6.73. The lowest BCUT2D eigenvalue weighted by Crippen LogP contribution is -2.51. The maximum absolute atomic E-state index is 6.07. The molecule has 0 aliphatic carbocycles. The largest absolute Gasteiger partial charge is 0.335 e. The van der Waals surface area contributed by atoms with E-state index >= 15 is 0 Å². The second kappa shape index (κ2) is 4.41. The van der Waals surface area contributed by atoms with E-state index in [0.717, 1.165) is 31.2 Å². The van der Waals surface area contributed by atoms with Crippen LogP contribution in [-0.2, 0) is 0 Å². The molecule has 0 aromatic carbocycles. The van der Waals surface area contributed by atoms with E-state index in [1.54, 1.807) is 0 Å². The number of hydrogen-bond donors (Lipinski definition) is 2. The van der Waals surface area contributed by atoms with Gasteiger partial charge in [-0.3, -0.25) is 5.10 Å². The van der Waals surface area contributed by atoms with Crippen molar-refractivity contribution in [3.05, 3.63) is 5.82 Å². The minimum atomic E-state index is 0.231. The third-order valence-corrected chi connectivity index (χ3v) is 3.34. The van der Waals surface area contributed by atoms with Gasteiger partial charge in [-0.15, -0.1) is 5.10 Å². The van der Waals surface area contributed by atoms with Crippen molar-refractivity contribution < 1.29 is 0 Å². The number of aromatic amines is 1. The monoisotopic (exact) mass is 223 g/mol. The topological polar surface area (TPSA) is 70.8 Å². The van der Waals surface area contributed by atoms with E-state index in [1.165, 1.54) is 0 Å². The molecule has 5 nitrogen and oxygen atoms in total. The Bertz CT molecular complexity index is 346. The maximum Gasteiger partial charge on any atom is 0.245 e. The summed E-state index contributed by atoms with van der Waals surface area (Å²) in [7, 11) is 0.